The number of hydrogen-bond acceptors (Lipinski definition) is 2. The fraction of sp³-hybridized carbons (Fsp3) is 0. The highest BCUT2D eigenvalue weighted by Gasteiger charge is 2.03. The van der Waals surface area contributed by atoms with E-state index in [0.717, 1.165) is 16.3 Å². The van der Waals surface area contributed by atoms with Gasteiger partial charge in [-0.2, -0.15) is 0 Å². The molecule has 2 nitrogen and oxygen atoms in total. The molecule has 0 fully saturated rings. The van der Waals surface area contributed by atoms with E-state index < -0.39 is 0 Å². The monoisotopic (exact) mass is 274 g/mol. The van der Waals surface area contributed by atoms with Crippen molar-refractivity contribution in [3.63, 3.8) is 0 Å². The maximum absolute atomic E-state index is 12.2. The average molecular weight is 274 g/mol. The van der Waals surface area contributed by atoms with Crippen molar-refractivity contribution in [2.75, 3.05) is 0 Å². The van der Waals surface area contributed by atoms with Crippen molar-refractivity contribution in [3.05, 3.63) is 83.9 Å². The highest BCUT2D eigenvalue weighted by Crippen LogP contribution is 2.17. The molecule has 0 aliphatic heterocycles. The Labute approximate surface area is 123 Å². The van der Waals surface area contributed by atoms with Gasteiger partial charge in [-0.3, -0.25) is 4.79 Å². The van der Waals surface area contributed by atoms with Gasteiger partial charge >= 0.3 is 0 Å². The second-order valence-corrected chi connectivity index (χ2v) is 4.85. The lowest BCUT2D eigenvalue weighted by atomic mass is 10.0. The maximum atomic E-state index is 12.2. The summed E-state index contributed by atoms with van der Waals surface area (Å²) in [6, 6.07) is 20.4. The normalized spacial score (nSPS) is 11.0. The first-order chi connectivity index (χ1) is 10.2. The molecule has 102 valence electrons. The number of allylic oxidation sites excluding steroid dienone is 1. The summed E-state index contributed by atoms with van der Waals surface area (Å²) in [5.74, 6) is 0.138. The summed E-state index contributed by atoms with van der Waals surface area (Å²) in [7, 11) is 0. The summed E-state index contributed by atoms with van der Waals surface area (Å²) in [5.41, 5.74) is 1.45. The Hall–Kier alpha value is -2.87. The van der Waals surface area contributed by atoms with Crippen LogP contribution in [0.15, 0.2) is 72.8 Å². The van der Waals surface area contributed by atoms with Crippen LogP contribution in [-0.2, 0) is 0 Å². The smallest absolute Gasteiger partial charge is 0.185 e. The quantitative estimate of drug-likeness (QED) is 0.566. The van der Waals surface area contributed by atoms with E-state index in [0.29, 0.717) is 5.56 Å². The predicted molar refractivity (Wildman–Crippen MR) is 85.4 cm³/mol. The van der Waals surface area contributed by atoms with Gasteiger partial charge in [0.1, 0.15) is 5.75 Å². The van der Waals surface area contributed by atoms with Gasteiger partial charge < -0.3 is 5.11 Å². The molecule has 0 radical (unpaired) electrons. The van der Waals surface area contributed by atoms with Crippen LogP contribution in [0.5, 0.6) is 5.75 Å². The number of phenols is 1. The van der Waals surface area contributed by atoms with Crippen LogP contribution in [-0.4, -0.2) is 10.9 Å². The van der Waals surface area contributed by atoms with Crippen molar-refractivity contribution >= 4 is 22.6 Å². The molecule has 21 heavy (non-hydrogen) atoms. The Morgan fingerprint density at radius 3 is 2.48 bits per heavy atom. The molecule has 3 aromatic carbocycles. The molecular weight excluding hydrogens is 260 g/mol. The van der Waals surface area contributed by atoms with Crippen LogP contribution in [0.3, 0.4) is 0 Å². The standard InChI is InChI=1S/C19H14O2/c20-18-7-3-4-14(12-18)8-11-19(21)17-10-9-15-5-1-2-6-16(15)13-17/h1-13,20H/b11-8+. The summed E-state index contributed by atoms with van der Waals surface area (Å²) in [6.07, 6.45) is 3.23. The number of carbonyl (C=O) groups is 1. The number of benzene rings is 3. The number of hydrogen-bond donors (Lipinski definition) is 1. The van der Waals surface area contributed by atoms with Crippen molar-refractivity contribution in [2.45, 2.75) is 0 Å². The van der Waals surface area contributed by atoms with Gasteiger partial charge in [0.05, 0.1) is 0 Å². The van der Waals surface area contributed by atoms with E-state index in [2.05, 4.69) is 0 Å². The first kappa shape index (κ1) is 13.1. The SMILES string of the molecule is O=C(/C=C/c1cccc(O)c1)c1ccc2ccccc2c1. The van der Waals surface area contributed by atoms with E-state index in [-0.39, 0.29) is 11.5 Å². The van der Waals surface area contributed by atoms with E-state index in [1.807, 2.05) is 48.5 Å². The van der Waals surface area contributed by atoms with Gasteiger partial charge in [0, 0.05) is 5.56 Å². The van der Waals surface area contributed by atoms with Crippen molar-refractivity contribution in [3.8, 4) is 5.75 Å². The topological polar surface area (TPSA) is 37.3 Å². The summed E-state index contributed by atoms with van der Waals surface area (Å²) < 4.78 is 0. The molecule has 3 aromatic rings. The Bertz CT molecular complexity index is 832. The lowest BCUT2D eigenvalue weighted by Crippen LogP contribution is -1.93. The van der Waals surface area contributed by atoms with Gasteiger partial charge in [0.15, 0.2) is 5.78 Å². The minimum Gasteiger partial charge on any atom is -0.508 e. The molecule has 0 spiro atoms. The molecular formula is C19H14O2. The second-order valence-electron chi connectivity index (χ2n) is 4.85. The molecule has 2 heteroatoms. The van der Waals surface area contributed by atoms with Crippen molar-refractivity contribution < 1.29 is 9.90 Å². The third-order valence-electron chi connectivity index (χ3n) is 3.33. The van der Waals surface area contributed by atoms with Gasteiger partial charge in [0.2, 0.25) is 0 Å². The third-order valence-corrected chi connectivity index (χ3v) is 3.33. The molecule has 0 amide bonds. The van der Waals surface area contributed by atoms with Crippen LogP contribution < -0.4 is 0 Å². The number of carbonyl (C=O) groups excluding carboxylic acids is 1. The fourth-order valence-corrected chi connectivity index (χ4v) is 2.24. The minimum absolute atomic E-state index is 0.0518. The molecule has 0 bridgehead atoms. The van der Waals surface area contributed by atoms with Crippen LogP contribution in [0.1, 0.15) is 15.9 Å². The zero-order chi connectivity index (χ0) is 14.7. The van der Waals surface area contributed by atoms with E-state index >= 15 is 0 Å². The summed E-state index contributed by atoms with van der Waals surface area (Å²) in [4.78, 5) is 12.2. The number of ketones is 1. The molecule has 1 N–H and O–H groups in total. The van der Waals surface area contributed by atoms with E-state index in [1.54, 1.807) is 24.3 Å². The predicted octanol–water partition coefficient (Wildman–Crippen LogP) is 4.44. The Kier molecular flexibility index (Phi) is 3.52. The highest BCUT2D eigenvalue weighted by atomic mass is 16.3. The van der Waals surface area contributed by atoms with Crippen LogP contribution in [0.4, 0.5) is 0 Å². The van der Waals surface area contributed by atoms with Crippen molar-refractivity contribution in [1.82, 2.24) is 0 Å². The van der Waals surface area contributed by atoms with E-state index in [9.17, 15) is 9.90 Å². The van der Waals surface area contributed by atoms with Crippen molar-refractivity contribution in [1.29, 1.82) is 0 Å². The van der Waals surface area contributed by atoms with Crippen LogP contribution in [0.2, 0.25) is 0 Å². The zero-order valence-electron chi connectivity index (χ0n) is 11.4. The second kappa shape index (κ2) is 5.63. The molecule has 0 saturated carbocycles. The van der Waals surface area contributed by atoms with Crippen LogP contribution in [0.25, 0.3) is 16.8 Å². The Morgan fingerprint density at radius 2 is 1.67 bits per heavy atom. The Morgan fingerprint density at radius 1 is 0.857 bits per heavy atom. The molecule has 0 aliphatic carbocycles. The molecule has 0 aromatic heterocycles. The molecule has 3 rings (SSSR count). The lowest BCUT2D eigenvalue weighted by Gasteiger charge is -2.00. The number of fused-ring (bicyclic) bond motifs is 1. The fourth-order valence-electron chi connectivity index (χ4n) is 2.24. The molecule has 0 atom stereocenters. The molecule has 0 heterocycles. The van der Waals surface area contributed by atoms with Crippen LogP contribution >= 0.6 is 0 Å². The summed E-state index contributed by atoms with van der Waals surface area (Å²) >= 11 is 0. The van der Waals surface area contributed by atoms with E-state index in [4.69, 9.17) is 0 Å². The number of aromatic hydroxyl groups is 1. The average Bonchev–Trinajstić information content (AvgIpc) is 2.52. The van der Waals surface area contributed by atoms with Gasteiger partial charge in [-0.1, -0.05) is 54.6 Å². The van der Waals surface area contributed by atoms with Gasteiger partial charge in [-0.15, -0.1) is 0 Å². The van der Waals surface area contributed by atoms with Crippen LogP contribution in [0, 0.1) is 0 Å². The minimum atomic E-state index is -0.0518. The number of phenolic OH excluding ortho intramolecular Hbond substituents is 1. The summed E-state index contributed by atoms with van der Waals surface area (Å²) in [6.45, 7) is 0. The van der Waals surface area contributed by atoms with Crippen molar-refractivity contribution in [2.24, 2.45) is 0 Å². The van der Waals surface area contributed by atoms with E-state index in [1.165, 1.54) is 6.08 Å². The molecule has 0 saturated heterocycles. The maximum Gasteiger partial charge on any atom is 0.185 e. The summed E-state index contributed by atoms with van der Waals surface area (Å²) in [5, 5.41) is 11.6. The largest absolute Gasteiger partial charge is 0.508 e. The lowest BCUT2D eigenvalue weighted by molar-refractivity contribution is 0.104. The van der Waals surface area contributed by atoms with Gasteiger partial charge in [-0.25, -0.2) is 0 Å². The highest BCUT2D eigenvalue weighted by molar-refractivity contribution is 6.08. The number of rotatable bonds is 3. The van der Waals surface area contributed by atoms with Gasteiger partial charge in [-0.05, 0) is 40.6 Å². The first-order valence-electron chi connectivity index (χ1n) is 6.73. The van der Waals surface area contributed by atoms with Gasteiger partial charge in [0.25, 0.3) is 0 Å². The first-order valence-corrected chi connectivity index (χ1v) is 6.73. The Balaban J connectivity index is 1.86. The molecule has 0 unspecified atom stereocenters. The molecule has 0 aliphatic rings. The zero-order valence-corrected chi connectivity index (χ0v) is 11.4. The third kappa shape index (κ3) is 3.00.